The van der Waals surface area contributed by atoms with E-state index in [2.05, 4.69) is 24.1 Å². The lowest BCUT2D eigenvalue weighted by Gasteiger charge is -2.33. The maximum Gasteiger partial charge on any atom is 0.241 e. The van der Waals surface area contributed by atoms with Crippen LogP contribution in [0.2, 0.25) is 0 Å². The van der Waals surface area contributed by atoms with Crippen molar-refractivity contribution in [3.05, 3.63) is 0 Å². The van der Waals surface area contributed by atoms with Crippen molar-refractivity contribution in [1.29, 1.82) is 0 Å². The number of carbonyl (C=O) groups is 1. The third-order valence-corrected chi connectivity index (χ3v) is 5.76. The molecule has 0 spiro atoms. The summed E-state index contributed by atoms with van der Waals surface area (Å²) in [7, 11) is -0.781. The average Bonchev–Trinajstić information content (AvgIpc) is 3.05. The molecule has 1 N–H and O–H groups in total. The Morgan fingerprint density at radius 3 is 2.62 bits per heavy atom. The molecule has 4 atom stereocenters. The van der Waals surface area contributed by atoms with Gasteiger partial charge in [-0.2, -0.15) is 0 Å². The molecule has 2 rings (SSSR count). The van der Waals surface area contributed by atoms with Gasteiger partial charge in [-0.15, -0.1) is 0 Å². The SMILES string of the molecule is CCCC1NC(C2CCCC2)N(C(C)CCS(C)=O)C1=O. The lowest BCUT2D eigenvalue weighted by atomic mass is 10.0. The monoisotopic (exact) mass is 314 g/mol. The van der Waals surface area contributed by atoms with E-state index in [1.807, 2.05) is 0 Å². The molecule has 1 saturated heterocycles. The summed E-state index contributed by atoms with van der Waals surface area (Å²) < 4.78 is 11.3. The van der Waals surface area contributed by atoms with Crippen LogP contribution in [0.4, 0.5) is 0 Å². The van der Waals surface area contributed by atoms with E-state index < -0.39 is 10.8 Å². The fourth-order valence-electron chi connectivity index (χ4n) is 3.77. The van der Waals surface area contributed by atoms with Gasteiger partial charge in [-0.05, 0) is 38.5 Å². The summed E-state index contributed by atoms with van der Waals surface area (Å²) in [6.07, 6.45) is 9.76. The van der Waals surface area contributed by atoms with E-state index in [9.17, 15) is 9.00 Å². The highest BCUT2D eigenvalue weighted by Gasteiger charge is 2.44. The van der Waals surface area contributed by atoms with Gasteiger partial charge in [-0.25, -0.2) is 0 Å². The van der Waals surface area contributed by atoms with Gasteiger partial charge in [-0.1, -0.05) is 26.2 Å². The number of rotatable bonds is 7. The Morgan fingerprint density at radius 2 is 2.05 bits per heavy atom. The molecule has 122 valence electrons. The number of nitrogens with one attached hydrogen (secondary N) is 1. The fourth-order valence-corrected chi connectivity index (χ4v) is 4.45. The molecule has 4 nitrogen and oxygen atoms in total. The molecule has 21 heavy (non-hydrogen) atoms. The van der Waals surface area contributed by atoms with Crippen molar-refractivity contribution in [2.45, 2.75) is 77.0 Å². The molecular formula is C16H30N2O2S. The molecule has 1 amide bonds. The molecule has 0 aromatic rings. The van der Waals surface area contributed by atoms with E-state index >= 15 is 0 Å². The normalized spacial score (nSPS) is 30.0. The minimum Gasteiger partial charge on any atom is -0.323 e. The topological polar surface area (TPSA) is 49.4 Å². The molecule has 1 saturated carbocycles. The van der Waals surface area contributed by atoms with Crippen LogP contribution >= 0.6 is 0 Å². The first-order valence-corrected chi connectivity index (χ1v) is 10.2. The molecule has 0 bridgehead atoms. The predicted molar refractivity (Wildman–Crippen MR) is 87.4 cm³/mol. The molecule has 2 fully saturated rings. The minimum atomic E-state index is -0.781. The largest absolute Gasteiger partial charge is 0.323 e. The summed E-state index contributed by atoms with van der Waals surface area (Å²) in [4.78, 5) is 14.8. The Labute approximate surface area is 131 Å². The second-order valence-corrected chi connectivity index (χ2v) is 8.21. The summed E-state index contributed by atoms with van der Waals surface area (Å²) >= 11 is 0. The second kappa shape index (κ2) is 7.73. The maximum atomic E-state index is 12.7. The first-order valence-electron chi connectivity index (χ1n) is 8.42. The van der Waals surface area contributed by atoms with Crippen molar-refractivity contribution in [2.75, 3.05) is 12.0 Å². The van der Waals surface area contributed by atoms with Gasteiger partial charge in [0.15, 0.2) is 0 Å². The molecule has 4 unspecified atom stereocenters. The van der Waals surface area contributed by atoms with Crippen LogP contribution in [-0.4, -0.2) is 45.3 Å². The zero-order valence-electron chi connectivity index (χ0n) is 13.6. The Morgan fingerprint density at radius 1 is 1.38 bits per heavy atom. The van der Waals surface area contributed by atoms with Gasteiger partial charge in [-0.3, -0.25) is 14.3 Å². The quantitative estimate of drug-likeness (QED) is 0.784. The molecule has 1 aliphatic heterocycles. The Balaban J connectivity index is 2.07. The number of amides is 1. The standard InChI is InChI=1S/C16H30N2O2S/c1-4-7-14-16(19)18(12(2)10-11-21(3)20)15(17-14)13-8-5-6-9-13/h12-15,17H,4-11H2,1-3H3. The van der Waals surface area contributed by atoms with Crippen LogP contribution < -0.4 is 5.32 Å². The highest BCUT2D eigenvalue weighted by Crippen LogP contribution is 2.34. The van der Waals surface area contributed by atoms with Crippen molar-refractivity contribution in [3.63, 3.8) is 0 Å². The van der Waals surface area contributed by atoms with Crippen LogP contribution in [0, 0.1) is 5.92 Å². The summed E-state index contributed by atoms with van der Waals surface area (Å²) in [5.41, 5.74) is 0. The Kier molecular flexibility index (Phi) is 6.23. The summed E-state index contributed by atoms with van der Waals surface area (Å²) in [6, 6.07) is 0.177. The van der Waals surface area contributed by atoms with Gasteiger partial charge < -0.3 is 4.90 Å². The lowest BCUT2D eigenvalue weighted by Crippen LogP contribution is -2.47. The van der Waals surface area contributed by atoms with Crippen molar-refractivity contribution >= 4 is 16.7 Å². The number of carbonyl (C=O) groups excluding carboxylic acids is 1. The maximum absolute atomic E-state index is 12.7. The van der Waals surface area contributed by atoms with Crippen LogP contribution in [0.1, 0.15) is 58.8 Å². The summed E-state index contributed by atoms with van der Waals surface area (Å²) in [5, 5.41) is 3.60. The van der Waals surface area contributed by atoms with E-state index in [4.69, 9.17) is 0 Å². The van der Waals surface area contributed by atoms with Gasteiger partial charge in [0.2, 0.25) is 5.91 Å². The van der Waals surface area contributed by atoms with Crippen LogP contribution in [0.5, 0.6) is 0 Å². The first kappa shape index (κ1) is 16.9. The zero-order chi connectivity index (χ0) is 15.4. The highest BCUT2D eigenvalue weighted by molar-refractivity contribution is 7.84. The van der Waals surface area contributed by atoms with Gasteiger partial charge in [0.25, 0.3) is 0 Å². The Hall–Kier alpha value is -0.420. The van der Waals surface area contributed by atoms with E-state index in [0.717, 1.165) is 19.3 Å². The molecule has 0 aromatic heterocycles. The van der Waals surface area contributed by atoms with Crippen molar-refractivity contribution in [1.82, 2.24) is 10.2 Å². The zero-order valence-corrected chi connectivity index (χ0v) is 14.5. The van der Waals surface area contributed by atoms with E-state index in [1.54, 1.807) is 6.26 Å². The molecule has 2 aliphatic rings. The molecular weight excluding hydrogens is 284 g/mol. The first-order chi connectivity index (χ1) is 10.0. The molecule has 1 aliphatic carbocycles. The van der Waals surface area contributed by atoms with E-state index in [-0.39, 0.29) is 24.2 Å². The molecule has 1 heterocycles. The van der Waals surface area contributed by atoms with E-state index in [0.29, 0.717) is 11.7 Å². The predicted octanol–water partition coefficient (Wildman–Crippen LogP) is 2.26. The molecule has 0 radical (unpaired) electrons. The van der Waals surface area contributed by atoms with Crippen molar-refractivity contribution in [2.24, 2.45) is 5.92 Å². The highest BCUT2D eigenvalue weighted by atomic mass is 32.2. The van der Waals surface area contributed by atoms with Crippen LogP contribution in [0.3, 0.4) is 0 Å². The fraction of sp³-hybridized carbons (Fsp3) is 0.938. The van der Waals surface area contributed by atoms with Crippen molar-refractivity contribution in [3.8, 4) is 0 Å². The lowest BCUT2D eigenvalue weighted by molar-refractivity contribution is -0.132. The van der Waals surface area contributed by atoms with E-state index in [1.165, 1.54) is 25.7 Å². The number of hydrogen-bond acceptors (Lipinski definition) is 3. The van der Waals surface area contributed by atoms with Crippen LogP contribution in [0.25, 0.3) is 0 Å². The van der Waals surface area contributed by atoms with Gasteiger partial charge >= 0.3 is 0 Å². The number of nitrogens with zero attached hydrogens (tertiary/aromatic N) is 1. The minimum absolute atomic E-state index is 0.00447. The third kappa shape index (κ3) is 4.07. The smallest absolute Gasteiger partial charge is 0.241 e. The third-order valence-electron chi connectivity index (χ3n) is 4.95. The summed E-state index contributed by atoms with van der Waals surface area (Å²) in [6.45, 7) is 4.24. The molecule has 0 aromatic carbocycles. The van der Waals surface area contributed by atoms with Crippen LogP contribution in [0.15, 0.2) is 0 Å². The summed E-state index contributed by atoms with van der Waals surface area (Å²) in [5.74, 6) is 1.55. The number of hydrogen-bond donors (Lipinski definition) is 1. The van der Waals surface area contributed by atoms with Gasteiger partial charge in [0.05, 0.1) is 12.2 Å². The van der Waals surface area contributed by atoms with Gasteiger partial charge in [0.1, 0.15) is 0 Å². The van der Waals surface area contributed by atoms with Crippen molar-refractivity contribution < 1.29 is 9.00 Å². The molecule has 5 heteroatoms. The van der Waals surface area contributed by atoms with Crippen LogP contribution in [-0.2, 0) is 15.6 Å². The Bertz CT molecular complexity index is 382. The second-order valence-electron chi connectivity index (χ2n) is 6.66. The van der Waals surface area contributed by atoms with Gasteiger partial charge in [0, 0.05) is 28.9 Å². The average molecular weight is 314 g/mol.